The highest BCUT2D eigenvalue weighted by Gasteiger charge is 2.18. The monoisotopic (exact) mass is 825 g/mol. The van der Waals surface area contributed by atoms with Gasteiger partial charge in [-0.2, -0.15) is 0 Å². The molecule has 0 saturated carbocycles. The Labute approximate surface area is 381 Å². The van der Waals surface area contributed by atoms with Gasteiger partial charge in [0.15, 0.2) is 0 Å². The summed E-state index contributed by atoms with van der Waals surface area (Å²) in [5.41, 5.74) is 20.3. The fraction of sp³-hybridized carbons (Fsp3) is 0.0794. The summed E-state index contributed by atoms with van der Waals surface area (Å²) in [5, 5.41) is 0. The van der Waals surface area contributed by atoms with Crippen molar-refractivity contribution in [3.63, 3.8) is 0 Å². The summed E-state index contributed by atoms with van der Waals surface area (Å²) >= 11 is 0. The van der Waals surface area contributed by atoms with Crippen molar-refractivity contribution < 1.29 is 0 Å². The van der Waals surface area contributed by atoms with E-state index in [2.05, 4.69) is 256 Å². The van der Waals surface area contributed by atoms with E-state index in [-0.39, 0.29) is 0 Å². The molecule has 0 spiro atoms. The van der Waals surface area contributed by atoms with Crippen LogP contribution in [0.2, 0.25) is 0 Å². The smallest absolute Gasteiger partial charge is 0.0458 e. The van der Waals surface area contributed by atoms with Crippen LogP contribution in [-0.4, -0.2) is 0 Å². The summed E-state index contributed by atoms with van der Waals surface area (Å²) in [4.78, 5) is 2.41. The lowest BCUT2D eigenvalue weighted by Gasteiger charge is -2.30. The van der Waals surface area contributed by atoms with Crippen molar-refractivity contribution in [3.8, 4) is 44.5 Å². The molecule has 0 N–H and O–H groups in total. The first-order valence-corrected chi connectivity index (χ1v) is 22.3. The molecule has 10 rings (SSSR count). The highest BCUT2D eigenvalue weighted by atomic mass is 15.1. The molecule has 0 bridgehead atoms. The molecule has 0 unspecified atom stereocenters. The Morgan fingerprint density at radius 2 is 0.531 bits per heavy atom. The molecule has 9 aromatic carbocycles. The van der Waals surface area contributed by atoms with Crippen molar-refractivity contribution >= 4 is 16.9 Å². The van der Waals surface area contributed by atoms with Crippen LogP contribution in [0.1, 0.15) is 35.1 Å². The number of anilines is 2. The summed E-state index contributed by atoms with van der Waals surface area (Å²) in [5.74, 6) is 0. The number of aryl methyl sites for hydroxylation is 3. The van der Waals surface area contributed by atoms with Crippen molar-refractivity contribution in [2.75, 3.05) is 4.90 Å². The largest absolute Gasteiger partial charge is 0.314 e. The SMILES string of the molecule is Cc1ccc(-c2ccc(-c3ccccc3)cc2)cc1.Cc1ccc(-c2ccc(N(C3=CC=C(c4ccccc4)CC3)c3ccc(-c4ccccc4)cc3)cc2)cc1.Cc1ccccc1. The Balaban J connectivity index is 0.000000177. The van der Waals surface area contributed by atoms with Crippen LogP contribution in [0.5, 0.6) is 0 Å². The van der Waals surface area contributed by atoms with Crippen molar-refractivity contribution in [1.29, 1.82) is 0 Å². The maximum atomic E-state index is 2.41. The van der Waals surface area contributed by atoms with E-state index in [4.69, 9.17) is 0 Å². The van der Waals surface area contributed by atoms with Gasteiger partial charge in [0.2, 0.25) is 0 Å². The predicted molar refractivity (Wildman–Crippen MR) is 276 cm³/mol. The summed E-state index contributed by atoms with van der Waals surface area (Å²) in [7, 11) is 0. The molecule has 0 radical (unpaired) electrons. The second-order valence-corrected chi connectivity index (χ2v) is 16.3. The molecular weight excluding hydrogens is 771 g/mol. The maximum absolute atomic E-state index is 2.41. The van der Waals surface area contributed by atoms with E-state index in [9.17, 15) is 0 Å². The molecule has 64 heavy (non-hydrogen) atoms. The molecule has 312 valence electrons. The van der Waals surface area contributed by atoms with Gasteiger partial charge in [-0.25, -0.2) is 0 Å². The van der Waals surface area contributed by atoms with E-state index in [0.29, 0.717) is 0 Å². The number of hydrogen-bond donors (Lipinski definition) is 0. The lowest BCUT2D eigenvalue weighted by atomic mass is 9.94. The first-order chi connectivity index (χ1) is 31.5. The minimum Gasteiger partial charge on any atom is -0.314 e. The van der Waals surface area contributed by atoms with Crippen LogP contribution < -0.4 is 4.90 Å². The van der Waals surface area contributed by atoms with E-state index < -0.39 is 0 Å². The molecule has 0 aromatic heterocycles. The van der Waals surface area contributed by atoms with Gasteiger partial charge in [0.1, 0.15) is 0 Å². The molecule has 1 heteroatoms. The molecule has 1 aliphatic carbocycles. The number of nitrogens with zero attached hydrogens (tertiary/aromatic N) is 1. The van der Waals surface area contributed by atoms with Gasteiger partial charge in [-0.15, -0.1) is 0 Å². The zero-order chi connectivity index (χ0) is 43.9. The van der Waals surface area contributed by atoms with Crippen LogP contribution in [0.15, 0.2) is 261 Å². The summed E-state index contributed by atoms with van der Waals surface area (Å²) in [6, 6.07) is 86.1. The molecule has 0 amide bonds. The van der Waals surface area contributed by atoms with Crippen LogP contribution in [0, 0.1) is 20.8 Å². The lowest BCUT2D eigenvalue weighted by Crippen LogP contribution is -2.17. The first kappa shape index (κ1) is 42.9. The molecule has 0 atom stereocenters. The van der Waals surface area contributed by atoms with Crippen molar-refractivity contribution in [3.05, 3.63) is 283 Å². The highest BCUT2D eigenvalue weighted by Crippen LogP contribution is 2.38. The Morgan fingerprint density at radius 1 is 0.250 bits per heavy atom. The third kappa shape index (κ3) is 11.4. The van der Waals surface area contributed by atoms with Gasteiger partial charge >= 0.3 is 0 Å². The van der Waals surface area contributed by atoms with Gasteiger partial charge in [0, 0.05) is 17.1 Å². The third-order valence-corrected chi connectivity index (χ3v) is 11.6. The van der Waals surface area contributed by atoms with Crippen LogP contribution in [-0.2, 0) is 0 Å². The molecule has 0 fully saturated rings. The fourth-order valence-corrected chi connectivity index (χ4v) is 7.93. The summed E-state index contributed by atoms with van der Waals surface area (Å²) < 4.78 is 0. The van der Waals surface area contributed by atoms with Gasteiger partial charge in [0.05, 0.1) is 0 Å². The van der Waals surface area contributed by atoms with Gasteiger partial charge < -0.3 is 4.90 Å². The Kier molecular flexibility index (Phi) is 14.3. The van der Waals surface area contributed by atoms with E-state index in [1.807, 2.05) is 24.3 Å². The second-order valence-electron chi connectivity index (χ2n) is 16.3. The zero-order valence-electron chi connectivity index (χ0n) is 37.1. The summed E-state index contributed by atoms with van der Waals surface area (Å²) in [6.07, 6.45) is 6.60. The van der Waals surface area contributed by atoms with E-state index in [0.717, 1.165) is 12.8 Å². The lowest BCUT2D eigenvalue weighted by molar-refractivity contribution is 0.930. The first-order valence-electron chi connectivity index (χ1n) is 22.3. The standard InChI is InChI=1S/C37H31N.C19H16.C7H8/c1-28-12-14-31(15-13-28)34-20-26-37(27-21-34)38(35-22-16-32(17-23-35)29-8-4-2-5-9-29)36-24-18-33(19-25-36)30-10-6-3-7-11-30;1-15-7-9-17(10-8-15)19-13-11-18(12-14-19)16-5-3-2-4-6-16;1-7-5-3-2-4-6-7/h2-18,20-24,26-27H,19,25H2,1H3;2-14H,1H3;2-6H,1H3. The predicted octanol–water partition coefficient (Wildman–Crippen LogP) is 17.6. The maximum Gasteiger partial charge on any atom is 0.0458 e. The minimum atomic E-state index is 0.987. The third-order valence-electron chi connectivity index (χ3n) is 11.6. The Hall–Kier alpha value is -7.74. The van der Waals surface area contributed by atoms with E-state index in [1.165, 1.54) is 89.4 Å². The second kappa shape index (κ2) is 21.4. The molecule has 1 aliphatic rings. The fourth-order valence-electron chi connectivity index (χ4n) is 7.93. The number of rotatable bonds is 8. The normalized spacial score (nSPS) is 11.7. The van der Waals surface area contributed by atoms with Crippen LogP contribution in [0.3, 0.4) is 0 Å². The average molecular weight is 826 g/mol. The number of allylic oxidation sites excluding steroid dienone is 4. The highest BCUT2D eigenvalue weighted by molar-refractivity contribution is 5.77. The van der Waals surface area contributed by atoms with Crippen molar-refractivity contribution in [2.45, 2.75) is 33.6 Å². The van der Waals surface area contributed by atoms with Gasteiger partial charge in [-0.05, 0) is 120 Å². The van der Waals surface area contributed by atoms with Crippen molar-refractivity contribution in [2.24, 2.45) is 0 Å². The Bertz CT molecular complexity index is 2860. The average Bonchev–Trinajstić information content (AvgIpc) is 3.37. The quantitative estimate of drug-likeness (QED) is 0.148. The van der Waals surface area contributed by atoms with Gasteiger partial charge in [-0.1, -0.05) is 241 Å². The molecule has 0 heterocycles. The zero-order valence-corrected chi connectivity index (χ0v) is 37.1. The molecule has 1 nitrogen and oxygen atoms in total. The van der Waals surface area contributed by atoms with Crippen LogP contribution in [0.4, 0.5) is 11.4 Å². The van der Waals surface area contributed by atoms with Crippen LogP contribution >= 0.6 is 0 Å². The minimum absolute atomic E-state index is 0.987. The molecular formula is C63H55N. The molecule has 0 saturated heterocycles. The van der Waals surface area contributed by atoms with Crippen molar-refractivity contribution in [1.82, 2.24) is 0 Å². The number of hydrogen-bond acceptors (Lipinski definition) is 1. The van der Waals surface area contributed by atoms with Gasteiger partial charge in [0.25, 0.3) is 0 Å². The number of benzene rings is 9. The topological polar surface area (TPSA) is 3.24 Å². The Morgan fingerprint density at radius 3 is 0.844 bits per heavy atom. The molecule has 0 aliphatic heterocycles. The van der Waals surface area contributed by atoms with Gasteiger partial charge in [-0.3, -0.25) is 0 Å². The van der Waals surface area contributed by atoms with Crippen LogP contribution in [0.25, 0.3) is 50.1 Å². The van der Waals surface area contributed by atoms with E-state index >= 15 is 0 Å². The summed E-state index contributed by atoms with van der Waals surface area (Å²) in [6.45, 7) is 6.33. The molecule has 9 aromatic rings. The van der Waals surface area contributed by atoms with E-state index in [1.54, 1.807) is 0 Å².